The Hall–Kier alpha value is -4.40. The fourth-order valence-corrected chi connectivity index (χ4v) is 5.25. The summed E-state index contributed by atoms with van der Waals surface area (Å²) in [6.07, 6.45) is 0. The van der Waals surface area contributed by atoms with Gasteiger partial charge in [-0.25, -0.2) is 14.4 Å². The van der Waals surface area contributed by atoms with Crippen LogP contribution in [0.5, 0.6) is 5.75 Å². The topological polar surface area (TPSA) is 84.8 Å². The largest absolute Gasteiger partial charge is 0.489 e. The van der Waals surface area contributed by atoms with Gasteiger partial charge in [-0.2, -0.15) is 0 Å². The first kappa shape index (κ1) is 26.8. The maximum absolute atomic E-state index is 14.5. The number of rotatable bonds is 7. The first-order chi connectivity index (χ1) is 19.8. The van der Waals surface area contributed by atoms with Gasteiger partial charge in [0.2, 0.25) is 5.95 Å². The highest BCUT2D eigenvalue weighted by molar-refractivity contribution is 6.36. The summed E-state index contributed by atoms with van der Waals surface area (Å²) in [5.74, 6) is 0.371. The number of ether oxygens (including phenoxy) is 1. The predicted molar refractivity (Wildman–Crippen MR) is 160 cm³/mol. The standard InChI is InChI=1S/C31H24Cl2FN5O2/c1-17(2)39-26-15-20(41-16-18-7-4-3-5-8-18)11-12-24(26)36-31(39)38-30(40)19-13-22(33)28-25(14-19)35-29(37-28)27-21(32)9-6-10-23(27)34/h3-15,17H,16H2,1-2H3,(H,35,37)(H,36,38,40). The maximum Gasteiger partial charge on any atom is 0.258 e. The Morgan fingerprint density at radius 2 is 1.80 bits per heavy atom. The molecule has 0 saturated carbocycles. The van der Waals surface area contributed by atoms with E-state index >= 15 is 0 Å². The van der Waals surface area contributed by atoms with Crippen LogP contribution in [-0.4, -0.2) is 25.4 Å². The normalized spacial score (nSPS) is 11.5. The van der Waals surface area contributed by atoms with Crippen LogP contribution in [0, 0.1) is 5.82 Å². The van der Waals surface area contributed by atoms with E-state index in [0.29, 0.717) is 29.3 Å². The zero-order chi connectivity index (χ0) is 28.7. The smallest absolute Gasteiger partial charge is 0.258 e. The van der Waals surface area contributed by atoms with Gasteiger partial charge in [-0.15, -0.1) is 0 Å². The molecule has 2 aromatic heterocycles. The van der Waals surface area contributed by atoms with Gasteiger partial charge in [0, 0.05) is 17.7 Å². The molecule has 2 heterocycles. The second-order valence-electron chi connectivity index (χ2n) is 9.81. The molecule has 10 heteroatoms. The Labute approximate surface area is 244 Å². The third kappa shape index (κ3) is 5.24. The Morgan fingerprint density at radius 3 is 2.56 bits per heavy atom. The summed E-state index contributed by atoms with van der Waals surface area (Å²) in [5.41, 5.74) is 3.89. The molecule has 0 saturated heterocycles. The highest BCUT2D eigenvalue weighted by atomic mass is 35.5. The number of imidazole rings is 2. The third-order valence-electron chi connectivity index (χ3n) is 6.65. The van der Waals surface area contributed by atoms with Crippen molar-refractivity contribution in [3.8, 4) is 17.1 Å². The van der Waals surface area contributed by atoms with E-state index in [2.05, 4.69) is 20.3 Å². The Balaban J connectivity index is 1.30. The van der Waals surface area contributed by atoms with E-state index in [1.165, 1.54) is 18.2 Å². The lowest BCUT2D eigenvalue weighted by Crippen LogP contribution is -2.17. The first-order valence-corrected chi connectivity index (χ1v) is 13.7. The molecule has 0 bridgehead atoms. The number of anilines is 1. The number of carbonyl (C=O) groups excluding carboxylic acids is 1. The maximum atomic E-state index is 14.5. The Morgan fingerprint density at radius 1 is 1.00 bits per heavy atom. The number of H-pyrrole nitrogens is 1. The van der Waals surface area contributed by atoms with Crippen molar-refractivity contribution in [3.63, 3.8) is 0 Å². The molecule has 0 aliphatic carbocycles. The lowest BCUT2D eigenvalue weighted by molar-refractivity contribution is 0.102. The van der Waals surface area contributed by atoms with Crippen molar-refractivity contribution >= 4 is 57.1 Å². The van der Waals surface area contributed by atoms with E-state index < -0.39 is 11.7 Å². The highest BCUT2D eigenvalue weighted by Crippen LogP contribution is 2.33. The minimum atomic E-state index is -0.521. The SMILES string of the molecule is CC(C)n1c(NC(=O)c2cc(Cl)c3nc(-c4c(F)cccc4Cl)[nH]c3c2)nc2ccc(OCc3ccccc3)cc21. The van der Waals surface area contributed by atoms with Crippen molar-refractivity contribution < 1.29 is 13.9 Å². The molecule has 0 fully saturated rings. The number of aromatic nitrogens is 4. The van der Waals surface area contributed by atoms with Crippen LogP contribution in [0.15, 0.2) is 78.9 Å². The number of nitrogens with one attached hydrogen (secondary N) is 2. The van der Waals surface area contributed by atoms with Crippen LogP contribution in [0.3, 0.4) is 0 Å². The zero-order valence-electron chi connectivity index (χ0n) is 22.1. The van der Waals surface area contributed by atoms with Crippen LogP contribution in [0.1, 0.15) is 35.8 Å². The number of hydrogen-bond acceptors (Lipinski definition) is 4. The molecule has 41 heavy (non-hydrogen) atoms. The number of halogens is 3. The number of hydrogen-bond donors (Lipinski definition) is 2. The molecule has 0 aliphatic heterocycles. The van der Waals surface area contributed by atoms with Crippen LogP contribution < -0.4 is 10.1 Å². The van der Waals surface area contributed by atoms with Gasteiger partial charge in [0.05, 0.1) is 32.2 Å². The van der Waals surface area contributed by atoms with Crippen LogP contribution in [0.2, 0.25) is 10.0 Å². The summed E-state index contributed by atoms with van der Waals surface area (Å²) < 4.78 is 22.4. The monoisotopic (exact) mass is 587 g/mol. The van der Waals surface area contributed by atoms with E-state index in [0.717, 1.165) is 16.6 Å². The second-order valence-corrected chi connectivity index (χ2v) is 10.6. The number of amides is 1. The van der Waals surface area contributed by atoms with E-state index in [1.807, 2.05) is 66.9 Å². The average molecular weight is 588 g/mol. The molecule has 1 amide bonds. The second kappa shape index (κ2) is 10.9. The molecule has 0 aliphatic rings. The molecule has 2 N–H and O–H groups in total. The average Bonchev–Trinajstić information content (AvgIpc) is 3.53. The molecule has 0 radical (unpaired) electrons. The van der Waals surface area contributed by atoms with Crippen LogP contribution in [0.4, 0.5) is 10.3 Å². The molecular weight excluding hydrogens is 564 g/mol. The van der Waals surface area contributed by atoms with Crippen LogP contribution in [-0.2, 0) is 6.61 Å². The van der Waals surface area contributed by atoms with Gasteiger partial charge in [0.15, 0.2) is 0 Å². The van der Waals surface area contributed by atoms with Gasteiger partial charge in [-0.05, 0) is 55.8 Å². The van der Waals surface area contributed by atoms with Gasteiger partial charge in [0.25, 0.3) is 5.91 Å². The van der Waals surface area contributed by atoms with Crippen LogP contribution >= 0.6 is 23.2 Å². The lowest BCUT2D eigenvalue weighted by atomic mass is 10.2. The summed E-state index contributed by atoms with van der Waals surface area (Å²) >= 11 is 12.7. The molecular formula is C31H24Cl2FN5O2. The minimum Gasteiger partial charge on any atom is -0.489 e. The highest BCUT2D eigenvalue weighted by Gasteiger charge is 2.20. The van der Waals surface area contributed by atoms with Crippen molar-refractivity contribution in [1.29, 1.82) is 0 Å². The number of nitrogens with zero attached hydrogens (tertiary/aromatic N) is 3. The van der Waals surface area contributed by atoms with E-state index in [-0.39, 0.29) is 33.0 Å². The van der Waals surface area contributed by atoms with Crippen LogP contribution in [0.25, 0.3) is 33.5 Å². The van der Waals surface area contributed by atoms with Gasteiger partial charge in [0.1, 0.15) is 29.5 Å². The van der Waals surface area contributed by atoms with Gasteiger partial charge < -0.3 is 14.3 Å². The Bertz CT molecular complexity index is 1900. The van der Waals surface area contributed by atoms with E-state index in [9.17, 15) is 9.18 Å². The van der Waals surface area contributed by atoms with Crippen molar-refractivity contribution in [2.24, 2.45) is 0 Å². The predicted octanol–water partition coefficient (Wildman–Crippen LogP) is 8.44. The molecule has 4 aromatic carbocycles. The summed E-state index contributed by atoms with van der Waals surface area (Å²) in [4.78, 5) is 25.5. The fourth-order valence-electron chi connectivity index (χ4n) is 4.74. The summed E-state index contributed by atoms with van der Waals surface area (Å²) in [7, 11) is 0. The first-order valence-electron chi connectivity index (χ1n) is 12.9. The fraction of sp³-hybridized carbons (Fsp3) is 0.129. The molecule has 206 valence electrons. The van der Waals surface area contributed by atoms with Crippen molar-refractivity contribution in [3.05, 3.63) is 106 Å². The van der Waals surface area contributed by atoms with Gasteiger partial charge >= 0.3 is 0 Å². The number of aromatic amines is 1. The quantitative estimate of drug-likeness (QED) is 0.196. The summed E-state index contributed by atoms with van der Waals surface area (Å²) in [6.45, 7) is 4.46. The molecule has 6 aromatic rings. The molecule has 7 nitrogen and oxygen atoms in total. The van der Waals surface area contributed by atoms with Gasteiger partial charge in [-0.1, -0.05) is 59.6 Å². The van der Waals surface area contributed by atoms with Crippen molar-refractivity contribution in [1.82, 2.24) is 19.5 Å². The molecule has 0 atom stereocenters. The third-order valence-corrected chi connectivity index (χ3v) is 7.26. The van der Waals surface area contributed by atoms with Crippen molar-refractivity contribution in [2.45, 2.75) is 26.5 Å². The number of carbonyl (C=O) groups is 1. The van der Waals surface area contributed by atoms with E-state index in [4.69, 9.17) is 27.9 Å². The lowest BCUT2D eigenvalue weighted by Gasteiger charge is -2.14. The van der Waals surface area contributed by atoms with E-state index in [1.54, 1.807) is 12.1 Å². The number of benzene rings is 4. The molecule has 6 rings (SSSR count). The summed E-state index contributed by atoms with van der Waals surface area (Å²) in [5, 5.41) is 3.37. The van der Waals surface area contributed by atoms with Crippen molar-refractivity contribution in [2.75, 3.05) is 5.32 Å². The summed E-state index contributed by atoms with van der Waals surface area (Å²) in [6, 6.07) is 23.1. The zero-order valence-corrected chi connectivity index (χ0v) is 23.6. The van der Waals surface area contributed by atoms with Gasteiger partial charge in [-0.3, -0.25) is 10.1 Å². The molecule has 0 spiro atoms. The number of fused-ring (bicyclic) bond motifs is 2. The Kier molecular flexibility index (Phi) is 7.11. The molecule has 0 unspecified atom stereocenters. The minimum absolute atomic E-state index is 0.00794.